The summed E-state index contributed by atoms with van der Waals surface area (Å²) >= 11 is 2.27. The fraction of sp³-hybridized carbons (Fsp3) is 0.556. The maximum absolute atomic E-state index is 5.39. The average Bonchev–Trinajstić information content (AvgIpc) is 2.20. The van der Waals surface area contributed by atoms with Crippen molar-refractivity contribution in [1.82, 2.24) is 9.97 Å². The van der Waals surface area contributed by atoms with Gasteiger partial charge in [-0.15, -0.1) is 0 Å². The molecular formula is C9H12IN3O. The van der Waals surface area contributed by atoms with Crippen LogP contribution in [0.2, 0.25) is 0 Å². The first-order chi connectivity index (χ1) is 6.79. The van der Waals surface area contributed by atoms with Gasteiger partial charge in [-0.3, -0.25) is 0 Å². The lowest BCUT2D eigenvalue weighted by Gasteiger charge is -2.34. The van der Waals surface area contributed by atoms with Crippen LogP contribution in [0, 0.1) is 3.57 Å². The van der Waals surface area contributed by atoms with E-state index in [2.05, 4.69) is 44.4 Å². The SMILES string of the molecule is CC1COCCN1c1ncncc1I. The quantitative estimate of drug-likeness (QED) is 0.733. The molecule has 1 atom stereocenters. The van der Waals surface area contributed by atoms with Crippen molar-refractivity contribution < 1.29 is 4.74 Å². The molecule has 1 aromatic heterocycles. The van der Waals surface area contributed by atoms with Gasteiger partial charge < -0.3 is 9.64 Å². The van der Waals surface area contributed by atoms with Crippen molar-refractivity contribution in [2.24, 2.45) is 0 Å². The predicted molar refractivity (Wildman–Crippen MR) is 62.4 cm³/mol. The lowest BCUT2D eigenvalue weighted by atomic mass is 10.2. The Morgan fingerprint density at radius 3 is 3.21 bits per heavy atom. The number of halogens is 1. The molecular weight excluding hydrogens is 293 g/mol. The fourth-order valence-corrected chi connectivity index (χ4v) is 2.17. The molecule has 1 saturated heterocycles. The molecule has 0 bridgehead atoms. The van der Waals surface area contributed by atoms with Crippen LogP contribution in [0.15, 0.2) is 12.5 Å². The van der Waals surface area contributed by atoms with Gasteiger partial charge in [-0.1, -0.05) is 0 Å². The smallest absolute Gasteiger partial charge is 0.145 e. The van der Waals surface area contributed by atoms with Crippen LogP contribution in [0.3, 0.4) is 0 Å². The Morgan fingerprint density at radius 2 is 2.50 bits per heavy atom. The molecule has 1 fully saturated rings. The largest absolute Gasteiger partial charge is 0.377 e. The third kappa shape index (κ3) is 1.98. The van der Waals surface area contributed by atoms with Gasteiger partial charge in [-0.2, -0.15) is 0 Å². The second-order valence-corrected chi connectivity index (χ2v) is 4.47. The zero-order chi connectivity index (χ0) is 9.97. The van der Waals surface area contributed by atoms with E-state index in [9.17, 15) is 0 Å². The van der Waals surface area contributed by atoms with Gasteiger partial charge in [0.15, 0.2) is 0 Å². The second kappa shape index (κ2) is 4.39. The number of hydrogen-bond acceptors (Lipinski definition) is 4. The standard InChI is InChI=1S/C9H12IN3O/c1-7-5-14-3-2-13(7)9-8(10)4-11-6-12-9/h4,6-7H,2-3,5H2,1H3. The molecule has 5 heteroatoms. The van der Waals surface area contributed by atoms with E-state index in [1.807, 2.05) is 6.20 Å². The molecule has 4 nitrogen and oxygen atoms in total. The molecule has 0 amide bonds. The molecule has 0 saturated carbocycles. The number of aromatic nitrogens is 2. The summed E-state index contributed by atoms with van der Waals surface area (Å²) in [6.45, 7) is 4.62. The number of morpholine rings is 1. The van der Waals surface area contributed by atoms with E-state index in [-0.39, 0.29) is 0 Å². The number of nitrogens with zero attached hydrogens (tertiary/aromatic N) is 3. The number of hydrogen-bond donors (Lipinski definition) is 0. The summed E-state index contributed by atoms with van der Waals surface area (Å²) < 4.78 is 6.48. The van der Waals surface area contributed by atoms with E-state index >= 15 is 0 Å². The molecule has 0 N–H and O–H groups in total. The van der Waals surface area contributed by atoms with Crippen molar-refractivity contribution in [3.63, 3.8) is 0 Å². The molecule has 2 heterocycles. The Hall–Kier alpha value is -0.430. The van der Waals surface area contributed by atoms with E-state index in [4.69, 9.17) is 4.74 Å². The molecule has 2 rings (SSSR count). The summed E-state index contributed by atoms with van der Waals surface area (Å²) in [4.78, 5) is 10.6. The summed E-state index contributed by atoms with van der Waals surface area (Å²) in [7, 11) is 0. The van der Waals surface area contributed by atoms with Crippen molar-refractivity contribution in [1.29, 1.82) is 0 Å². The van der Waals surface area contributed by atoms with Crippen molar-refractivity contribution >= 4 is 28.4 Å². The van der Waals surface area contributed by atoms with Crippen LogP contribution < -0.4 is 4.90 Å². The summed E-state index contributed by atoms with van der Waals surface area (Å²) in [5.41, 5.74) is 0. The molecule has 76 valence electrons. The maximum atomic E-state index is 5.39. The summed E-state index contributed by atoms with van der Waals surface area (Å²) in [6, 6.07) is 0.396. The van der Waals surface area contributed by atoms with Gasteiger partial charge in [-0.25, -0.2) is 9.97 Å². The molecule has 1 unspecified atom stereocenters. The molecule has 0 aliphatic carbocycles. The van der Waals surface area contributed by atoms with E-state index in [1.165, 1.54) is 0 Å². The summed E-state index contributed by atoms with van der Waals surface area (Å²) in [5.74, 6) is 1.02. The normalized spacial score (nSPS) is 22.4. The molecule has 0 aromatic carbocycles. The van der Waals surface area contributed by atoms with Gasteiger partial charge in [0.1, 0.15) is 12.1 Å². The van der Waals surface area contributed by atoms with E-state index in [0.29, 0.717) is 6.04 Å². The highest BCUT2D eigenvalue weighted by Crippen LogP contribution is 2.21. The number of ether oxygens (including phenoxy) is 1. The van der Waals surface area contributed by atoms with E-state index in [1.54, 1.807) is 6.33 Å². The highest BCUT2D eigenvalue weighted by molar-refractivity contribution is 14.1. The zero-order valence-corrected chi connectivity index (χ0v) is 10.1. The maximum Gasteiger partial charge on any atom is 0.145 e. The number of anilines is 1. The summed E-state index contributed by atoms with van der Waals surface area (Å²) in [6.07, 6.45) is 3.44. The van der Waals surface area contributed by atoms with Crippen LogP contribution >= 0.6 is 22.6 Å². The Labute approximate surface area is 96.8 Å². The minimum Gasteiger partial charge on any atom is -0.377 e. The third-order valence-electron chi connectivity index (χ3n) is 2.29. The predicted octanol–water partition coefficient (Wildman–Crippen LogP) is 1.31. The van der Waals surface area contributed by atoms with Crippen molar-refractivity contribution in [2.75, 3.05) is 24.7 Å². The van der Waals surface area contributed by atoms with Crippen LogP contribution in [0.4, 0.5) is 5.82 Å². The topological polar surface area (TPSA) is 38.2 Å². The Kier molecular flexibility index (Phi) is 3.17. The van der Waals surface area contributed by atoms with Gasteiger partial charge in [0.05, 0.1) is 22.8 Å². The number of rotatable bonds is 1. The van der Waals surface area contributed by atoms with Crippen molar-refractivity contribution in [2.45, 2.75) is 13.0 Å². The van der Waals surface area contributed by atoms with Crippen LogP contribution in [-0.2, 0) is 4.74 Å². The highest BCUT2D eigenvalue weighted by atomic mass is 127. The van der Waals surface area contributed by atoms with Crippen molar-refractivity contribution in [3.05, 3.63) is 16.1 Å². The monoisotopic (exact) mass is 305 g/mol. The van der Waals surface area contributed by atoms with Gasteiger partial charge in [0.2, 0.25) is 0 Å². The second-order valence-electron chi connectivity index (χ2n) is 3.31. The highest BCUT2D eigenvalue weighted by Gasteiger charge is 2.21. The Bertz CT molecular complexity index is 321. The molecule has 1 aromatic rings. The minimum absolute atomic E-state index is 0.396. The van der Waals surface area contributed by atoms with Gasteiger partial charge in [0, 0.05) is 12.7 Å². The van der Waals surface area contributed by atoms with Crippen LogP contribution in [0.1, 0.15) is 6.92 Å². The average molecular weight is 305 g/mol. The van der Waals surface area contributed by atoms with Gasteiger partial charge in [0.25, 0.3) is 0 Å². The first kappa shape index (κ1) is 10.1. The summed E-state index contributed by atoms with van der Waals surface area (Å²) in [5, 5.41) is 0. The van der Waals surface area contributed by atoms with Crippen molar-refractivity contribution in [3.8, 4) is 0 Å². The lowest BCUT2D eigenvalue weighted by molar-refractivity contribution is 0.0984. The zero-order valence-electron chi connectivity index (χ0n) is 7.98. The van der Waals surface area contributed by atoms with Crippen LogP contribution in [0.5, 0.6) is 0 Å². The molecule has 1 aliphatic heterocycles. The molecule has 0 spiro atoms. The van der Waals surface area contributed by atoms with E-state index < -0.39 is 0 Å². The first-order valence-corrected chi connectivity index (χ1v) is 5.67. The van der Waals surface area contributed by atoms with Gasteiger partial charge >= 0.3 is 0 Å². The third-order valence-corrected chi connectivity index (χ3v) is 3.05. The van der Waals surface area contributed by atoms with Crippen LogP contribution in [0.25, 0.3) is 0 Å². The molecule has 14 heavy (non-hydrogen) atoms. The minimum atomic E-state index is 0.396. The molecule has 0 radical (unpaired) electrons. The Morgan fingerprint density at radius 1 is 1.64 bits per heavy atom. The van der Waals surface area contributed by atoms with Gasteiger partial charge in [-0.05, 0) is 29.5 Å². The first-order valence-electron chi connectivity index (χ1n) is 4.59. The fourth-order valence-electron chi connectivity index (χ4n) is 1.56. The lowest BCUT2D eigenvalue weighted by Crippen LogP contribution is -2.44. The van der Waals surface area contributed by atoms with Crippen LogP contribution in [-0.4, -0.2) is 35.8 Å². The van der Waals surface area contributed by atoms with E-state index in [0.717, 1.165) is 29.1 Å². The molecule has 1 aliphatic rings. The Balaban J connectivity index is 2.25.